The molecule has 0 bridgehead atoms. The first-order valence-electron chi connectivity index (χ1n) is 13.6. The highest BCUT2D eigenvalue weighted by atomic mass is 28.3. The van der Waals surface area contributed by atoms with Gasteiger partial charge in [-0.05, 0) is 59.0 Å². The van der Waals surface area contributed by atoms with Gasteiger partial charge in [0.05, 0.1) is 8.07 Å². The lowest BCUT2D eigenvalue weighted by Gasteiger charge is -2.45. The number of nitrogens with zero attached hydrogens (tertiary/aromatic N) is 1. The van der Waals surface area contributed by atoms with Crippen molar-refractivity contribution in [2.24, 2.45) is 11.8 Å². The van der Waals surface area contributed by atoms with Crippen LogP contribution in [0.15, 0.2) is 54.6 Å². The number of allylic oxidation sites excluding steroid dienone is 4. The molecule has 5 rings (SSSR count). The minimum absolute atomic E-state index is 0.0847. The number of hydrogen-bond acceptors (Lipinski definition) is 2. The molecule has 186 valence electrons. The second-order valence-corrected chi connectivity index (χ2v) is 17.4. The van der Waals surface area contributed by atoms with Crippen molar-refractivity contribution in [3.8, 4) is 5.75 Å². The predicted molar refractivity (Wildman–Crippen MR) is 153 cm³/mol. The van der Waals surface area contributed by atoms with Gasteiger partial charge in [0.25, 0.3) is 0 Å². The summed E-state index contributed by atoms with van der Waals surface area (Å²) in [7, 11) is 0.193. The summed E-state index contributed by atoms with van der Waals surface area (Å²) in [6.45, 7) is 15.9. The maximum Gasteiger partial charge on any atom is 0.118 e. The van der Waals surface area contributed by atoms with Crippen molar-refractivity contribution in [3.63, 3.8) is 0 Å². The Morgan fingerprint density at radius 3 is 2.20 bits per heavy atom. The van der Waals surface area contributed by atoms with Crippen LogP contribution >= 0.6 is 0 Å². The zero-order valence-electron chi connectivity index (χ0n) is 22.9. The van der Waals surface area contributed by atoms with E-state index in [4.69, 9.17) is 0 Å². The molecule has 0 radical (unpaired) electrons. The maximum atomic E-state index is 11.9. The fourth-order valence-corrected chi connectivity index (χ4v) is 13.9. The van der Waals surface area contributed by atoms with Gasteiger partial charge in [-0.1, -0.05) is 106 Å². The molecule has 0 amide bonds. The molecule has 5 atom stereocenters. The van der Waals surface area contributed by atoms with Gasteiger partial charge < -0.3 is 10.0 Å². The average molecular weight is 486 g/mol. The maximum absolute atomic E-state index is 11.9. The van der Waals surface area contributed by atoms with E-state index in [1.807, 2.05) is 0 Å². The van der Waals surface area contributed by atoms with Gasteiger partial charge in [-0.2, -0.15) is 0 Å². The third kappa shape index (κ3) is 3.49. The van der Waals surface area contributed by atoms with E-state index in [2.05, 4.69) is 115 Å². The van der Waals surface area contributed by atoms with Crippen LogP contribution in [-0.2, 0) is 5.41 Å². The molecule has 0 saturated heterocycles. The molecule has 35 heavy (non-hydrogen) atoms. The molecular formula is C32H43NOSi. The molecule has 1 heterocycles. The third-order valence-corrected chi connectivity index (χ3v) is 15.6. The van der Waals surface area contributed by atoms with Crippen LogP contribution in [0.5, 0.6) is 5.75 Å². The first kappa shape index (κ1) is 24.4. The van der Waals surface area contributed by atoms with Gasteiger partial charge in [0.15, 0.2) is 0 Å². The highest BCUT2D eigenvalue weighted by Gasteiger charge is 2.62. The van der Waals surface area contributed by atoms with Crippen LogP contribution in [0.4, 0.5) is 5.69 Å². The van der Waals surface area contributed by atoms with Crippen molar-refractivity contribution >= 4 is 18.9 Å². The van der Waals surface area contributed by atoms with Crippen LogP contribution in [0.3, 0.4) is 0 Å². The number of anilines is 1. The SMILES string of the molecule is CC[Si](CC)(c1cc(C)cc(C(C)(C)C)c1O)C1C2C=CC=CC2C2c3cc(C)ccc3N(C)C21. The van der Waals surface area contributed by atoms with Gasteiger partial charge in [0.1, 0.15) is 5.75 Å². The lowest BCUT2D eigenvalue weighted by atomic mass is 9.82. The quantitative estimate of drug-likeness (QED) is 0.458. The standard InChI is InChI=1S/C32H43NOSi/c1-9-35(10-2,27-19-21(4)18-25(30(27)34)32(5,6)7)31-23-14-12-11-13-22(23)28-24-17-20(3)15-16-26(24)33(8)29(28)31/h11-19,22-23,28-29,31,34H,9-10H2,1-8H3. The van der Waals surface area contributed by atoms with Crippen LogP contribution in [0.25, 0.3) is 0 Å². The number of benzene rings is 2. The van der Waals surface area contributed by atoms with Gasteiger partial charge in [-0.25, -0.2) is 0 Å². The Morgan fingerprint density at radius 1 is 0.914 bits per heavy atom. The lowest BCUT2D eigenvalue weighted by Crippen LogP contribution is -2.57. The molecule has 2 aromatic carbocycles. The second-order valence-electron chi connectivity index (χ2n) is 12.5. The fourth-order valence-electron chi connectivity index (χ4n) is 8.04. The molecule has 2 nitrogen and oxygen atoms in total. The number of phenols is 1. The number of hydrogen-bond donors (Lipinski definition) is 1. The zero-order valence-corrected chi connectivity index (χ0v) is 23.9. The molecule has 5 unspecified atom stereocenters. The molecule has 3 heteroatoms. The molecule has 3 aliphatic rings. The molecule has 1 fully saturated rings. The monoisotopic (exact) mass is 485 g/mol. The zero-order chi connectivity index (χ0) is 25.3. The Bertz CT molecular complexity index is 1200. The molecule has 2 aromatic rings. The van der Waals surface area contributed by atoms with Crippen molar-refractivity contribution < 1.29 is 5.11 Å². The van der Waals surface area contributed by atoms with E-state index >= 15 is 0 Å². The normalized spacial score (nSPS) is 27.2. The summed E-state index contributed by atoms with van der Waals surface area (Å²) in [5.41, 5.74) is 7.16. The number of aryl methyl sites for hydroxylation is 2. The van der Waals surface area contributed by atoms with Crippen molar-refractivity contribution in [1.29, 1.82) is 0 Å². The van der Waals surface area contributed by atoms with Crippen LogP contribution in [0.1, 0.15) is 62.8 Å². The number of aromatic hydroxyl groups is 1. The molecule has 0 aromatic heterocycles. The summed E-state index contributed by atoms with van der Waals surface area (Å²) in [6.07, 6.45) is 9.57. The minimum atomic E-state index is -2.14. The van der Waals surface area contributed by atoms with Crippen LogP contribution in [0, 0.1) is 25.7 Å². The first-order chi connectivity index (χ1) is 16.5. The van der Waals surface area contributed by atoms with E-state index in [1.54, 1.807) is 0 Å². The van der Waals surface area contributed by atoms with E-state index in [0.29, 0.717) is 35.1 Å². The second kappa shape index (κ2) is 8.40. The molecule has 0 spiro atoms. The Labute approximate surface area is 213 Å². The molecular weight excluding hydrogens is 442 g/mol. The highest BCUT2D eigenvalue weighted by molar-refractivity contribution is 6.94. The Balaban J connectivity index is 1.75. The number of rotatable bonds is 4. The summed E-state index contributed by atoms with van der Waals surface area (Å²) in [6, 6.07) is 14.4. The topological polar surface area (TPSA) is 23.5 Å². The van der Waals surface area contributed by atoms with Crippen LogP contribution in [0.2, 0.25) is 17.6 Å². The first-order valence-corrected chi connectivity index (χ1v) is 16.1. The Hall–Kier alpha value is -2.26. The summed E-state index contributed by atoms with van der Waals surface area (Å²) >= 11 is 0. The predicted octanol–water partition coefficient (Wildman–Crippen LogP) is 7.35. The van der Waals surface area contributed by atoms with Gasteiger partial charge >= 0.3 is 0 Å². The highest BCUT2D eigenvalue weighted by Crippen LogP contribution is 2.63. The summed E-state index contributed by atoms with van der Waals surface area (Å²) < 4.78 is 0. The van der Waals surface area contributed by atoms with Crippen molar-refractivity contribution in [3.05, 3.63) is 76.9 Å². The van der Waals surface area contributed by atoms with E-state index in [9.17, 15) is 5.11 Å². The van der Waals surface area contributed by atoms with Crippen molar-refractivity contribution in [2.45, 2.75) is 83.5 Å². The number of likely N-dealkylation sites (N-methyl/N-ethyl adjacent to an activating group) is 1. The summed E-state index contributed by atoms with van der Waals surface area (Å²) in [5, 5.41) is 13.2. The largest absolute Gasteiger partial charge is 0.508 e. The Morgan fingerprint density at radius 2 is 1.57 bits per heavy atom. The van der Waals surface area contributed by atoms with E-state index < -0.39 is 8.07 Å². The number of phenolic OH excluding ortho intramolecular Hbond substituents is 1. The van der Waals surface area contributed by atoms with E-state index in [1.165, 1.54) is 27.6 Å². The van der Waals surface area contributed by atoms with Crippen LogP contribution in [-0.4, -0.2) is 26.3 Å². The summed E-state index contributed by atoms with van der Waals surface area (Å²) in [5.74, 6) is 2.16. The van der Waals surface area contributed by atoms with Gasteiger partial charge in [-0.15, -0.1) is 0 Å². The fraction of sp³-hybridized carbons (Fsp3) is 0.500. The van der Waals surface area contributed by atoms with Crippen molar-refractivity contribution in [2.75, 3.05) is 11.9 Å². The molecule has 1 N–H and O–H groups in total. The molecule has 1 aliphatic heterocycles. The number of fused-ring (bicyclic) bond motifs is 5. The average Bonchev–Trinajstić information content (AvgIpc) is 3.30. The lowest BCUT2D eigenvalue weighted by molar-refractivity contribution is 0.449. The van der Waals surface area contributed by atoms with Crippen molar-refractivity contribution in [1.82, 2.24) is 0 Å². The smallest absolute Gasteiger partial charge is 0.118 e. The Kier molecular flexibility index (Phi) is 5.87. The molecule has 1 saturated carbocycles. The van der Waals surface area contributed by atoms with E-state index in [0.717, 1.165) is 17.7 Å². The van der Waals surface area contributed by atoms with E-state index in [-0.39, 0.29) is 5.41 Å². The van der Waals surface area contributed by atoms with Gasteiger partial charge in [-0.3, -0.25) is 0 Å². The third-order valence-electron chi connectivity index (χ3n) is 9.66. The summed E-state index contributed by atoms with van der Waals surface area (Å²) in [4.78, 5) is 2.62. The molecule has 2 aliphatic carbocycles. The minimum Gasteiger partial charge on any atom is -0.508 e. The van der Waals surface area contributed by atoms with Gasteiger partial charge in [0.2, 0.25) is 0 Å². The van der Waals surface area contributed by atoms with Gasteiger partial charge in [0, 0.05) is 24.7 Å². The van der Waals surface area contributed by atoms with Crippen LogP contribution < -0.4 is 10.1 Å².